The van der Waals surface area contributed by atoms with Crippen molar-refractivity contribution >= 4 is 23.2 Å². The predicted octanol–water partition coefficient (Wildman–Crippen LogP) is 3.64. The number of hydrogen-bond donors (Lipinski definition) is 1. The van der Waals surface area contributed by atoms with E-state index < -0.39 is 17.5 Å². The number of carbonyl (C=O) groups excluding carboxylic acids is 1. The van der Waals surface area contributed by atoms with Crippen molar-refractivity contribution < 1.29 is 23.0 Å². The zero-order valence-electron chi connectivity index (χ0n) is 11.2. The van der Waals surface area contributed by atoms with E-state index in [4.69, 9.17) is 21.1 Å². The zero-order valence-corrected chi connectivity index (χ0v) is 11.9. The number of benzene rings is 2. The molecule has 0 radical (unpaired) electrons. The molecule has 7 heteroatoms. The monoisotopic (exact) mass is 325 g/mol. The number of amides is 1. The summed E-state index contributed by atoms with van der Waals surface area (Å²) in [5, 5.41) is 2.38. The molecular weight excluding hydrogens is 316 g/mol. The minimum absolute atomic E-state index is 0.157. The van der Waals surface area contributed by atoms with Gasteiger partial charge < -0.3 is 14.8 Å². The molecule has 0 unspecified atom stereocenters. The van der Waals surface area contributed by atoms with Gasteiger partial charge in [0.1, 0.15) is 13.2 Å². The van der Waals surface area contributed by atoms with Gasteiger partial charge in [0.05, 0.1) is 10.6 Å². The second-order valence-corrected chi connectivity index (χ2v) is 4.97. The van der Waals surface area contributed by atoms with E-state index in [-0.39, 0.29) is 10.6 Å². The summed E-state index contributed by atoms with van der Waals surface area (Å²) in [6, 6.07) is 6.36. The number of ether oxygens (including phenoxy) is 2. The first-order valence-corrected chi connectivity index (χ1v) is 6.78. The van der Waals surface area contributed by atoms with Crippen LogP contribution in [0.15, 0.2) is 30.3 Å². The smallest absolute Gasteiger partial charge is 0.257 e. The highest BCUT2D eigenvalue weighted by Gasteiger charge is 2.17. The first-order chi connectivity index (χ1) is 10.5. The number of nitrogens with one attached hydrogen (secondary N) is 1. The molecule has 1 heterocycles. The Balaban J connectivity index is 1.84. The second kappa shape index (κ2) is 5.81. The fraction of sp³-hybridized carbons (Fsp3) is 0.133. The van der Waals surface area contributed by atoms with Gasteiger partial charge >= 0.3 is 0 Å². The van der Waals surface area contributed by atoms with Crippen LogP contribution in [0.2, 0.25) is 5.02 Å². The van der Waals surface area contributed by atoms with Gasteiger partial charge in [-0.2, -0.15) is 0 Å². The van der Waals surface area contributed by atoms with Crippen LogP contribution >= 0.6 is 11.6 Å². The van der Waals surface area contributed by atoms with E-state index in [0.29, 0.717) is 30.4 Å². The van der Waals surface area contributed by atoms with E-state index >= 15 is 0 Å². The fourth-order valence-electron chi connectivity index (χ4n) is 2.02. The Morgan fingerprint density at radius 1 is 1.05 bits per heavy atom. The molecule has 22 heavy (non-hydrogen) atoms. The molecule has 0 bridgehead atoms. The highest BCUT2D eigenvalue weighted by molar-refractivity contribution is 6.34. The van der Waals surface area contributed by atoms with Crippen LogP contribution < -0.4 is 14.8 Å². The molecule has 4 nitrogen and oxygen atoms in total. The van der Waals surface area contributed by atoms with Crippen molar-refractivity contribution in [2.45, 2.75) is 0 Å². The molecule has 0 fully saturated rings. The Labute approximate surface area is 129 Å². The van der Waals surface area contributed by atoms with Crippen LogP contribution in [-0.2, 0) is 0 Å². The summed E-state index contributed by atoms with van der Waals surface area (Å²) in [5.74, 6) is -1.83. The van der Waals surface area contributed by atoms with Gasteiger partial charge in [-0.1, -0.05) is 11.6 Å². The average molecular weight is 326 g/mol. The third-order valence-corrected chi connectivity index (χ3v) is 3.37. The number of fused-ring (bicyclic) bond motifs is 1. The van der Waals surface area contributed by atoms with Crippen molar-refractivity contribution in [3.05, 3.63) is 52.6 Å². The molecule has 2 aromatic rings. The zero-order chi connectivity index (χ0) is 15.7. The number of anilines is 1. The summed E-state index contributed by atoms with van der Waals surface area (Å²) >= 11 is 5.77. The maximum atomic E-state index is 13.2. The van der Waals surface area contributed by atoms with E-state index in [2.05, 4.69) is 5.32 Å². The highest BCUT2D eigenvalue weighted by Crippen LogP contribution is 2.33. The molecule has 0 aromatic heterocycles. The third-order valence-electron chi connectivity index (χ3n) is 3.05. The second-order valence-electron chi connectivity index (χ2n) is 4.56. The fourth-order valence-corrected chi connectivity index (χ4v) is 2.25. The van der Waals surface area contributed by atoms with Gasteiger partial charge in [-0.05, 0) is 24.3 Å². The first kappa shape index (κ1) is 14.6. The molecule has 0 atom stereocenters. The Morgan fingerprint density at radius 2 is 1.73 bits per heavy atom. The lowest BCUT2D eigenvalue weighted by molar-refractivity contribution is 0.102. The Bertz CT molecular complexity index is 752. The SMILES string of the molecule is O=C(Nc1ccc2c(c1)OCCO2)c1cc(F)c(F)cc1Cl. The molecule has 0 saturated carbocycles. The standard InChI is InChI=1S/C15H10ClF2NO3/c16-10-7-12(18)11(17)6-9(10)15(20)19-8-1-2-13-14(5-8)22-4-3-21-13/h1-2,5-7H,3-4H2,(H,19,20). The largest absolute Gasteiger partial charge is 0.486 e. The quantitative estimate of drug-likeness (QED) is 0.858. The van der Waals surface area contributed by atoms with Crippen LogP contribution in [0.5, 0.6) is 11.5 Å². The first-order valence-electron chi connectivity index (χ1n) is 6.40. The van der Waals surface area contributed by atoms with E-state index in [9.17, 15) is 13.6 Å². The van der Waals surface area contributed by atoms with E-state index in [0.717, 1.165) is 12.1 Å². The van der Waals surface area contributed by atoms with Crippen LogP contribution in [0.25, 0.3) is 0 Å². The Hall–Kier alpha value is -2.34. The molecule has 2 aromatic carbocycles. The third kappa shape index (κ3) is 2.82. The van der Waals surface area contributed by atoms with Crippen LogP contribution in [0.4, 0.5) is 14.5 Å². The summed E-state index contributed by atoms with van der Waals surface area (Å²) in [5.41, 5.74) is 0.269. The lowest BCUT2D eigenvalue weighted by Crippen LogP contribution is -2.16. The minimum Gasteiger partial charge on any atom is -0.486 e. The summed E-state index contributed by atoms with van der Waals surface area (Å²) < 4.78 is 37.0. The van der Waals surface area contributed by atoms with Crippen LogP contribution in [0.3, 0.4) is 0 Å². The van der Waals surface area contributed by atoms with Crippen molar-refractivity contribution in [1.29, 1.82) is 0 Å². The van der Waals surface area contributed by atoms with Crippen molar-refractivity contribution in [2.24, 2.45) is 0 Å². The van der Waals surface area contributed by atoms with Crippen molar-refractivity contribution in [3.63, 3.8) is 0 Å². The molecule has 0 saturated heterocycles. The molecular formula is C15H10ClF2NO3. The molecule has 1 aliphatic rings. The molecule has 0 aliphatic carbocycles. The van der Waals surface area contributed by atoms with E-state index in [1.807, 2.05) is 0 Å². The van der Waals surface area contributed by atoms with Crippen molar-refractivity contribution in [2.75, 3.05) is 18.5 Å². The minimum atomic E-state index is -1.14. The van der Waals surface area contributed by atoms with Crippen LogP contribution in [0.1, 0.15) is 10.4 Å². The average Bonchev–Trinajstić information content (AvgIpc) is 2.50. The van der Waals surface area contributed by atoms with Gasteiger partial charge in [0.2, 0.25) is 0 Å². The molecule has 1 amide bonds. The van der Waals surface area contributed by atoms with Crippen LogP contribution in [-0.4, -0.2) is 19.1 Å². The highest BCUT2D eigenvalue weighted by atomic mass is 35.5. The van der Waals surface area contributed by atoms with Gasteiger partial charge in [-0.15, -0.1) is 0 Å². The molecule has 0 spiro atoms. The van der Waals surface area contributed by atoms with Gasteiger partial charge in [-0.3, -0.25) is 4.79 Å². The predicted molar refractivity (Wildman–Crippen MR) is 76.8 cm³/mol. The van der Waals surface area contributed by atoms with Gasteiger partial charge in [-0.25, -0.2) is 8.78 Å². The lowest BCUT2D eigenvalue weighted by atomic mass is 10.2. The normalized spacial score (nSPS) is 12.9. The Kier molecular flexibility index (Phi) is 3.85. The Morgan fingerprint density at radius 3 is 2.50 bits per heavy atom. The van der Waals surface area contributed by atoms with Crippen LogP contribution in [0, 0.1) is 11.6 Å². The maximum absolute atomic E-state index is 13.2. The number of carbonyl (C=O) groups is 1. The van der Waals surface area contributed by atoms with E-state index in [1.54, 1.807) is 18.2 Å². The van der Waals surface area contributed by atoms with Gasteiger partial charge in [0.25, 0.3) is 5.91 Å². The van der Waals surface area contributed by atoms with Crippen molar-refractivity contribution in [1.82, 2.24) is 0 Å². The molecule has 1 N–H and O–H groups in total. The number of hydrogen-bond acceptors (Lipinski definition) is 3. The molecule has 1 aliphatic heterocycles. The summed E-state index contributed by atoms with van der Waals surface area (Å²) in [7, 11) is 0. The topological polar surface area (TPSA) is 47.6 Å². The summed E-state index contributed by atoms with van der Waals surface area (Å²) in [6.07, 6.45) is 0. The maximum Gasteiger partial charge on any atom is 0.257 e. The van der Waals surface area contributed by atoms with Gasteiger partial charge in [0.15, 0.2) is 23.1 Å². The molecule has 114 valence electrons. The lowest BCUT2D eigenvalue weighted by Gasteiger charge is -2.19. The van der Waals surface area contributed by atoms with Gasteiger partial charge in [0, 0.05) is 11.8 Å². The molecule has 3 rings (SSSR count). The number of rotatable bonds is 2. The van der Waals surface area contributed by atoms with Crippen molar-refractivity contribution in [3.8, 4) is 11.5 Å². The number of halogens is 3. The summed E-state index contributed by atoms with van der Waals surface area (Å²) in [4.78, 5) is 12.1. The summed E-state index contributed by atoms with van der Waals surface area (Å²) in [6.45, 7) is 0.878. The van der Waals surface area contributed by atoms with E-state index in [1.165, 1.54) is 0 Å².